The van der Waals surface area contributed by atoms with Gasteiger partial charge in [-0.3, -0.25) is 9.69 Å². The number of morpholine rings is 1. The second-order valence-corrected chi connectivity index (χ2v) is 7.54. The second-order valence-electron chi connectivity index (χ2n) is 7.54. The fraction of sp³-hybridized carbons (Fsp3) is 0.409. The topological polar surface area (TPSA) is 80.5 Å². The lowest BCUT2D eigenvalue weighted by Gasteiger charge is -2.35. The number of pyridine rings is 1. The summed E-state index contributed by atoms with van der Waals surface area (Å²) in [6, 6.07) is 10.4. The van der Waals surface area contributed by atoms with Crippen LogP contribution in [0.15, 0.2) is 34.9 Å². The van der Waals surface area contributed by atoms with Crippen molar-refractivity contribution in [3.8, 4) is 0 Å². The summed E-state index contributed by atoms with van der Waals surface area (Å²) in [5.41, 5.74) is 4.75. The van der Waals surface area contributed by atoms with Gasteiger partial charge in [0.15, 0.2) is 0 Å². The summed E-state index contributed by atoms with van der Waals surface area (Å²) < 4.78 is 10.8. The van der Waals surface area contributed by atoms with E-state index in [4.69, 9.17) is 9.26 Å². The molecular formula is C22H26N4O3. The van der Waals surface area contributed by atoms with Crippen molar-refractivity contribution < 1.29 is 14.1 Å². The van der Waals surface area contributed by atoms with Crippen LogP contribution in [-0.2, 0) is 4.74 Å². The summed E-state index contributed by atoms with van der Waals surface area (Å²) >= 11 is 0. The van der Waals surface area contributed by atoms with Crippen molar-refractivity contribution in [2.24, 2.45) is 0 Å². The zero-order chi connectivity index (χ0) is 20.4. The normalized spacial score (nSPS) is 16.1. The van der Waals surface area contributed by atoms with Crippen molar-refractivity contribution >= 4 is 17.0 Å². The first-order chi connectivity index (χ1) is 14.0. The summed E-state index contributed by atoms with van der Waals surface area (Å²) in [5.74, 6) is -0.142. The second kappa shape index (κ2) is 8.31. The maximum atomic E-state index is 13.1. The Balaban J connectivity index is 1.58. The van der Waals surface area contributed by atoms with E-state index in [0.717, 1.165) is 18.8 Å². The number of hydrogen-bond donors (Lipinski definition) is 1. The number of aromatic nitrogens is 2. The molecule has 7 heteroatoms. The van der Waals surface area contributed by atoms with Gasteiger partial charge in [0.25, 0.3) is 11.6 Å². The van der Waals surface area contributed by atoms with Gasteiger partial charge in [0.2, 0.25) is 0 Å². The van der Waals surface area contributed by atoms with Crippen molar-refractivity contribution in [3.05, 3.63) is 58.4 Å². The third-order valence-corrected chi connectivity index (χ3v) is 5.39. The van der Waals surface area contributed by atoms with E-state index in [-0.39, 0.29) is 11.9 Å². The number of nitrogens with one attached hydrogen (secondary N) is 1. The Morgan fingerprint density at radius 3 is 2.62 bits per heavy atom. The van der Waals surface area contributed by atoms with Crippen molar-refractivity contribution in [1.29, 1.82) is 0 Å². The number of aryl methyl sites for hydroxylation is 3. The van der Waals surface area contributed by atoms with Crippen molar-refractivity contribution in [2.45, 2.75) is 26.8 Å². The molecule has 1 saturated heterocycles. The SMILES string of the molecule is Cc1ccc(C(CNC(=O)c2cc(C)nc3onc(C)c23)N2CCOCC2)cc1. The van der Waals surface area contributed by atoms with Crippen LogP contribution in [0.25, 0.3) is 11.1 Å². The third kappa shape index (κ3) is 4.16. The molecule has 1 fully saturated rings. The maximum Gasteiger partial charge on any atom is 0.258 e. The Kier molecular flexibility index (Phi) is 5.60. The highest BCUT2D eigenvalue weighted by atomic mass is 16.5. The van der Waals surface area contributed by atoms with Gasteiger partial charge in [-0.2, -0.15) is 0 Å². The molecule has 0 spiro atoms. The van der Waals surface area contributed by atoms with Crippen LogP contribution in [-0.4, -0.2) is 53.8 Å². The van der Waals surface area contributed by atoms with Crippen LogP contribution >= 0.6 is 0 Å². The highest BCUT2D eigenvalue weighted by Crippen LogP contribution is 2.24. The summed E-state index contributed by atoms with van der Waals surface area (Å²) in [4.78, 5) is 19.8. The zero-order valence-electron chi connectivity index (χ0n) is 17.1. The molecule has 7 nitrogen and oxygen atoms in total. The average molecular weight is 394 g/mol. The standard InChI is InChI=1S/C22H26N4O3/c1-14-4-6-17(7-5-14)19(26-8-10-28-11-9-26)13-23-21(27)18-12-15(2)24-22-20(18)16(3)25-29-22/h4-7,12,19H,8-11,13H2,1-3H3,(H,23,27). The number of rotatable bonds is 5. The van der Waals surface area contributed by atoms with Gasteiger partial charge in [0.05, 0.1) is 35.9 Å². The van der Waals surface area contributed by atoms with Gasteiger partial charge in [-0.15, -0.1) is 0 Å². The van der Waals surface area contributed by atoms with Crippen LogP contribution in [0, 0.1) is 20.8 Å². The van der Waals surface area contributed by atoms with Crippen LogP contribution in [0.3, 0.4) is 0 Å². The molecule has 2 aromatic heterocycles. The third-order valence-electron chi connectivity index (χ3n) is 5.39. The number of fused-ring (bicyclic) bond motifs is 1. The van der Waals surface area contributed by atoms with E-state index in [2.05, 4.69) is 51.5 Å². The molecule has 1 aliphatic rings. The monoisotopic (exact) mass is 394 g/mol. The maximum absolute atomic E-state index is 13.1. The van der Waals surface area contributed by atoms with Crippen molar-refractivity contribution in [3.63, 3.8) is 0 Å². The lowest BCUT2D eigenvalue weighted by atomic mass is 10.0. The van der Waals surface area contributed by atoms with Gasteiger partial charge in [-0.05, 0) is 32.4 Å². The summed E-state index contributed by atoms with van der Waals surface area (Å²) in [5, 5.41) is 7.76. The quantitative estimate of drug-likeness (QED) is 0.717. The number of benzene rings is 1. The van der Waals surface area contributed by atoms with E-state index in [1.54, 1.807) is 6.07 Å². The number of carbonyl (C=O) groups is 1. The molecule has 3 aromatic rings. The van der Waals surface area contributed by atoms with Crippen molar-refractivity contribution in [2.75, 3.05) is 32.8 Å². The van der Waals surface area contributed by atoms with E-state index >= 15 is 0 Å². The number of amides is 1. The molecule has 1 N–H and O–H groups in total. The molecule has 0 radical (unpaired) electrons. The molecule has 1 amide bonds. The van der Waals surface area contributed by atoms with E-state index in [0.29, 0.717) is 42.1 Å². The Morgan fingerprint density at radius 2 is 1.90 bits per heavy atom. The fourth-order valence-corrected chi connectivity index (χ4v) is 3.82. The van der Waals surface area contributed by atoms with Gasteiger partial charge in [0.1, 0.15) is 0 Å². The van der Waals surface area contributed by atoms with E-state index in [1.165, 1.54) is 11.1 Å². The highest BCUT2D eigenvalue weighted by Gasteiger charge is 2.24. The van der Waals surface area contributed by atoms with Gasteiger partial charge in [0, 0.05) is 25.3 Å². The van der Waals surface area contributed by atoms with E-state index < -0.39 is 0 Å². The Morgan fingerprint density at radius 1 is 1.17 bits per heavy atom. The van der Waals surface area contributed by atoms with Crippen molar-refractivity contribution in [1.82, 2.24) is 20.4 Å². The molecule has 0 aliphatic carbocycles. The summed E-state index contributed by atoms with van der Waals surface area (Å²) in [6.45, 7) is 9.36. The van der Waals surface area contributed by atoms with Crippen LogP contribution in [0.2, 0.25) is 0 Å². The fourth-order valence-electron chi connectivity index (χ4n) is 3.82. The first-order valence-corrected chi connectivity index (χ1v) is 9.93. The summed E-state index contributed by atoms with van der Waals surface area (Å²) in [7, 11) is 0. The van der Waals surface area contributed by atoms with E-state index in [1.807, 2.05) is 13.8 Å². The van der Waals surface area contributed by atoms with Gasteiger partial charge in [-0.1, -0.05) is 35.0 Å². The molecule has 152 valence electrons. The smallest absolute Gasteiger partial charge is 0.258 e. The molecule has 4 rings (SSSR count). The number of nitrogens with zero attached hydrogens (tertiary/aromatic N) is 3. The molecule has 3 heterocycles. The van der Waals surface area contributed by atoms with Crippen LogP contribution in [0.5, 0.6) is 0 Å². The minimum absolute atomic E-state index is 0.0884. The molecule has 29 heavy (non-hydrogen) atoms. The predicted octanol–water partition coefficient (Wildman–Crippen LogP) is 2.95. The number of carbonyl (C=O) groups excluding carboxylic acids is 1. The van der Waals surface area contributed by atoms with E-state index in [9.17, 15) is 4.79 Å². The number of hydrogen-bond acceptors (Lipinski definition) is 6. The Bertz CT molecular complexity index is 1010. The van der Waals surface area contributed by atoms with Crippen LogP contribution < -0.4 is 5.32 Å². The van der Waals surface area contributed by atoms with Crippen LogP contribution in [0.4, 0.5) is 0 Å². The number of ether oxygens (including phenoxy) is 1. The minimum atomic E-state index is -0.142. The molecule has 1 aromatic carbocycles. The predicted molar refractivity (Wildman–Crippen MR) is 110 cm³/mol. The van der Waals surface area contributed by atoms with Gasteiger partial charge >= 0.3 is 0 Å². The lowest BCUT2D eigenvalue weighted by Crippen LogP contribution is -2.43. The average Bonchev–Trinajstić information content (AvgIpc) is 3.10. The molecule has 1 atom stereocenters. The first kappa shape index (κ1) is 19.5. The van der Waals surface area contributed by atoms with Gasteiger partial charge in [-0.25, -0.2) is 4.98 Å². The molecule has 0 saturated carbocycles. The zero-order valence-corrected chi connectivity index (χ0v) is 17.1. The molecule has 1 aliphatic heterocycles. The molecular weight excluding hydrogens is 368 g/mol. The summed E-state index contributed by atoms with van der Waals surface area (Å²) in [6.07, 6.45) is 0. The largest absolute Gasteiger partial charge is 0.379 e. The minimum Gasteiger partial charge on any atom is -0.379 e. The molecule has 1 unspecified atom stereocenters. The van der Waals surface area contributed by atoms with Crippen LogP contribution in [0.1, 0.15) is 38.9 Å². The first-order valence-electron chi connectivity index (χ1n) is 9.93. The Labute approximate surface area is 170 Å². The Hall–Kier alpha value is -2.77. The highest BCUT2D eigenvalue weighted by molar-refractivity contribution is 6.06. The lowest BCUT2D eigenvalue weighted by molar-refractivity contribution is 0.0162. The van der Waals surface area contributed by atoms with Gasteiger partial charge < -0.3 is 14.6 Å². The molecule has 0 bridgehead atoms.